The predicted molar refractivity (Wildman–Crippen MR) is 164 cm³/mol. The quantitative estimate of drug-likeness (QED) is 0.228. The molecule has 0 bridgehead atoms. The lowest BCUT2D eigenvalue weighted by molar-refractivity contribution is -0.324. The van der Waals surface area contributed by atoms with Gasteiger partial charge >= 0.3 is 5.97 Å². The SMILES string of the molecule is C[C@@H]1O[C@@H](O[C@H]2CC[C@]3(C)[C@H]4CC=C5C6CC(C)(C)CCC6(C(=O)O)CC[C@@]5(C)[C@]4(C)CC[C@H]3C2(C)C)[C@H](O)[C@H](O)[C@H]1O. The molecular formula is C36H58O7. The number of hydrogen-bond donors (Lipinski definition) is 4. The number of aliphatic carboxylic acids is 1. The van der Waals surface area contributed by atoms with Crippen LogP contribution in [-0.2, 0) is 14.3 Å². The van der Waals surface area contributed by atoms with Crippen molar-refractivity contribution in [3.8, 4) is 0 Å². The number of hydrogen-bond acceptors (Lipinski definition) is 6. The van der Waals surface area contributed by atoms with E-state index in [1.54, 1.807) is 6.92 Å². The van der Waals surface area contributed by atoms with E-state index >= 15 is 0 Å². The molecule has 6 aliphatic rings. The molecule has 6 rings (SSSR count). The number of aliphatic hydroxyl groups is 3. The summed E-state index contributed by atoms with van der Waals surface area (Å²) in [6.45, 7) is 18.5. The molecule has 0 spiro atoms. The van der Waals surface area contributed by atoms with Crippen molar-refractivity contribution in [3.63, 3.8) is 0 Å². The molecule has 13 atom stereocenters. The first-order valence-corrected chi connectivity index (χ1v) is 17.1. The second-order valence-corrected chi connectivity index (χ2v) is 17.8. The first kappa shape index (κ1) is 32.0. The number of aliphatic hydroxyl groups excluding tert-OH is 3. The van der Waals surface area contributed by atoms with Crippen molar-refractivity contribution in [2.24, 2.45) is 50.2 Å². The maximum absolute atomic E-state index is 12.9. The number of carboxylic acids is 1. The van der Waals surface area contributed by atoms with Crippen LogP contribution in [0.3, 0.4) is 0 Å². The Bertz CT molecular complexity index is 1160. The summed E-state index contributed by atoms with van der Waals surface area (Å²) in [5.74, 6) is 0.451. The van der Waals surface area contributed by atoms with E-state index in [1.165, 1.54) is 5.57 Å². The molecule has 0 amide bonds. The summed E-state index contributed by atoms with van der Waals surface area (Å²) in [4.78, 5) is 12.9. The second-order valence-electron chi connectivity index (χ2n) is 17.8. The van der Waals surface area contributed by atoms with Gasteiger partial charge in [0.25, 0.3) is 0 Å². The molecule has 43 heavy (non-hydrogen) atoms. The van der Waals surface area contributed by atoms with Gasteiger partial charge in [-0.05, 0) is 116 Å². The molecular weight excluding hydrogens is 544 g/mol. The van der Waals surface area contributed by atoms with Gasteiger partial charge in [0, 0.05) is 0 Å². The largest absolute Gasteiger partial charge is 0.481 e. The Hall–Kier alpha value is -0.990. The molecule has 1 saturated heterocycles. The molecule has 7 nitrogen and oxygen atoms in total. The summed E-state index contributed by atoms with van der Waals surface area (Å²) in [6.07, 6.45) is 6.63. The minimum absolute atomic E-state index is 0.00835. The predicted octanol–water partition coefficient (Wildman–Crippen LogP) is 6.09. The summed E-state index contributed by atoms with van der Waals surface area (Å²) in [5.41, 5.74) is 1.02. The molecule has 0 aromatic heterocycles. The van der Waals surface area contributed by atoms with E-state index in [9.17, 15) is 25.2 Å². The first-order chi connectivity index (χ1) is 19.8. The number of rotatable bonds is 3. The third kappa shape index (κ3) is 4.33. The monoisotopic (exact) mass is 602 g/mol. The normalized spacial score (nSPS) is 53.8. The van der Waals surface area contributed by atoms with E-state index in [4.69, 9.17) is 9.47 Å². The van der Waals surface area contributed by atoms with Crippen LogP contribution in [0.25, 0.3) is 0 Å². The van der Waals surface area contributed by atoms with E-state index in [0.29, 0.717) is 11.8 Å². The average Bonchev–Trinajstić information content (AvgIpc) is 2.91. The van der Waals surface area contributed by atoms with Gasteiger partial charge in [0.2, 0.25) is 0 Å². The van der Waals surface area contributed by atoms with E-state index in [2.05, 4.69) is 54.5 Å². The van der Waals surface area contributed by atoms with Gasteiger partial charge < -0.3 is 29.9 Å². The average molecular weight is 603 g/mol. The Balaban J connectivity index is 1.30. The van der Waals surface area contributed by atoms with E-state index in [1.807, 2.05) is 0 Å². The molecule has 2 unspecified atom stereocenters. The molecule has 0 radical (unpaired) electrons. The van der Waals surface area contributed by atoms with E-state index in [0.717, 1.165) is 64.2 Å². The summed E-state index contributed by atoms with van der Waals surface area (Å²) < 4.78 is 12.4. The summed E-state index contributed by atoms with van der Waals surface area (Å²) >= 11 is 0. The zero-order chi connectivity index (χ0) is 31.5. The van der Waals surface area contributed by atoms with Crippen molar-refractivity contribution in [2.75, 3.05) is 0 Å². The van der Waals surface area contributed by atoms with Crippen molar-refractivity contribution in [1.29, 1.82) is 0 Å². The van der Waals surface area contributed by atoms with Gasteiger partial charge in [-0.3, -0.25) is 4.79 Å². The zero-order valence-electron chi connectivity index (χ0n) is 27.9. The number of carbonyl (C=O) groups is 1. The number of ether oxygens (including phenoxy) is 2. The Morgan fingerprint density at radius 3 is 2.21 bits per heavy atom. The molecule has 244 valence electrons. The van der Waals surface area contributed by atoms with Crippen LogP contribution < -0.4 is 0 Å². The van der Waals surface area contributed by atoms with Gasteiger partial charge in [0.05, 0.1) is 17.6 Å². The number of carboxylic acid groups (broad SMARTS) is 1. The lowest BCUT2D eigenvalue weighted by atomic mass is 9.33. The summed E-state index contributed by atoms with van der Waals surface area (Å²) in [6, 6.07) is 0. The van der Waals surface area contributed by atoms with Crippen LogP contribution in [-0.4, -0.2) is 63.2 Å². The number of fused-ring (bicyclic) bond motifs is 7. The van der Waals surface area contributed by atoms with Crippen molar-refractivity contribution in [3.05, 3.63) is 11.6 Å². The smallest absolute Gasteiger partial charge is 0.310 e. The first-order valence-electron chi connectivity index (χ1n) is 17.1. The fourth-order valence-electron chi connectivity index (χ4n) is 12.1. The lowest BCUT2D eigenvalue weighted by Crippen LogP contribution is -2.66. The van der Waals surface area contributed by atoms with Crippen LogP contribution in [0.15, 0.2) is 11.6 Å². The number of allylic oxidation sites excluding steroid dienone is 2. The minimum atomic E-state index is -1.30. The van der Waals surface area contributed by atoms with Crippen LogP contribution in [0, 0.1) is 50.2 Å². The van der Waals surface area contributed by atoms with Gasteiger partial charge in [-0.2, -0.15) is 0 Å². The van der Waals surface area contributed by atoms with Crippen LogP contribution in [0.1, 0.15) is 120 Å². The Kier molecular flexibility index (Phi) is 7.44. The van der Waals surface area contributed by atoms with Crippen LogP contribution >= 0.6 is 0 Å². The van der Waals surface area contributed by atoms with Gasteiger partial charge in [0.15, 0.2) is 6.29 Å². The van der Waals surface area contributed by atoms with Crippen molar-refractivity contribution < 1.29 is 34.7 Å². The van der Waals surface area contributed by atoms with Crippen molar-refractivity contribution in [1.82, 2.24) is 0 Å². The molecule has 4 N–H and O–H groups in total. The summed E-state index contributed by atoms with van der Waals surface area (Å²) in [5, 5.41) is 41.9. The maximum atomic E-state index is 12.9. The third-order valence-corrected chi connectivity index (χ3v) is 15.1. The Morgan fingerprint density at radius 2 is 1.53 bits per heavy atom. The van der Waals surface area contributed by atoms with Gasteiger partial charge in [0.1, 0.15) is 18.3 Å². The molecule has 0 aromatic carbocycles. The maximum Gasteiger partial charge on any atom is 0.310 e. The van der Waals surface area contributed by atoms with Crippen molar-refractivity contribution >= 4 is 5.97 Å². The molecule has 4 saturated carbocycles. The minimum Gasteiger partial charge on any atom is -0.481 e. The van der Waals surface area contributed by atoms with Crippen LogP contribution in [0.4, 0.5) is 0 Å². The Morgan fingerprint density at radius 1 is 0.860 bits per heavy atom. The zero-order valence-corrected chi connectivity index (χ0v) is 27.9. The summed E-state index contributed by atoms with van der Waals surface area (Å²) in [7, 11) is 0. The fourth-order valence-corrected chi connectivity index (χ4v) is 12.1. The lowest BCUT2D eigenvalue weighted by Gasteiger charge is -2.71. The van der Waals surface area contributed by atoms with Crippen molar-refractivity contribution in [2.45, 2.75) is 156 Å². The van der Waals surface area contributed by atoms with Gasteiger partial charge in [-0.15, -0.1) is 0 Å². The molecule has 0 aromatic rings. The molecule has 7 heteroatoms. The Labute approximate surface area is 258 Å². The fraction of sp³-hybridized carbons (Fsp3) is 0.917. The van der Waals surface area contributed by atoms with Crippen LogP contribution in [0.5, 0.6) is 0 Å². The van der Waals surface area contributed by atoms with Gasteiger partial charge in [-0.1, -0.05) is 60.1 Å². The van der Waals surface area contributed by atoms with E-state index < -0.39 is 42.1 Å². The van der Waals surface area contributed by atoms with Crippen LogP contribution in [0.2, 0.25) is 0 Å². The second kappa shape index (κ2) is 10.0. The highest BCUT2D eigenvalue weighted by Crippen LogP contribution is 2.76. The highest BCUT2D eigenvalue weighted by molar-refractivity contribution is 5.76. The standard InChI is InChI=1S/C36H58O7/c1-20-26(37)27(38)28(39)29(42-20)43-25-12-13-33(6)23(32(25,4)5)11-14-35(8)24(33)10-9-21-22-19-31(2,3)15-17-36(22,30(40)41)18-16-34(21,35)7/h9,20,22-29,37-39H,10-19H2,1-8H3,(H,40,41)/t20-,22?,23-,24+,25-,26-,27+,28+,29-,33-,34+,35+,36?/m0/s1. The molecule has 5 aliphatic carbocycles. The third-order valence-electron chi connectivity index (χ3n) is 15.1. The highest BCUT2D eigenvalue weighted by atomic mass is 16.7. The molecule has 1 heterocycles. The topological polar surface area (TPSA) is 116 Å². The molecule has 5 fully saturated rings. The van der Waals surface area contributed by atoms with E-state index in [-0.39, 0.29) is 39.1 Å². The van der Waals surface area contributed by atoms with Gasteiger partial charge in [-0.25, -0.2) is 0 Å². The highest BCUT2D eigenvalue weighted by Gasteiger charge is 2.69. The molecule has 1 aliphatic heterocycles.